The summed E-state index contributed by atoms with van der Waals surface area (Å²) in [5.41, 5.74) is -0.130. The lowest BCUT2D eigenvalue weighted by Crippen LogP contribution is -2.51. The van der Waals surface area contributed by atoms with Crippen LogP contribution in [0.1, 0.15) is 39.5 Å². The zero-order valence-corrected chi connectivity index (χ0v) is 19.9. The number of carbonyl (C=O) groups is 1. The standard InChI is InChI=1S/C29H23ClN2O4/c30-20-11-9-19(10-12-20)29-23(18-6-2-1-3-7-18)17-26(33)28(29,35)22-14-13-21(16-25(22)36-29)32-27(34)24-8-4-5-15-31-24/h1-16,23,26,33,35H,17H2,(H,32,34)/t23-,26-,28-,29-/m0/s1. The number of nitrogens with zero attached hydrogens (tertiary/aromatic N) is 1. The Balaban J connectivity index is 1.47. The first-order valence-electron chi connectivity index (χ1n) is 11.7. The Morgan fingerprint density at radius 1 is 1.00 bits per heavy atom. The van der Waals surface area contributed by atoms with E-state index in [2.05, 4.69) is 10.3 Å². The molecule has 1 amide bonds. The van der Waals surface area contributed by atoms with E-state index in [9.17, 15) is 15.0 Å². The number of aromatic nitrogens is 1. The summed E-state index contributed by atoms with van der Waals surface area (Å²) < 4.78 is 6.69. The first-order valence-corrected chi connectivity index (χ1v) is 12.1. The molecule has 7 heteroatoms. The van der Waals surface area contributed by atoms with E-state index in [4.69, 9.17) is 16.3 Å². The predicted octanol–water partition coefficient (Wildman–Crippen LogP) is 5.01. The molecule has 36 heavy (non-hydrogen) atoms. The molecule has 1 aromatic heterocycles. The van der Waals surface area contributed by atoms with Gasteiger partial charge in [-0.15, -0.1) is 0 Å². The molecule has 4 aromatic rings. The van der Waals surface area contributed by atoms with Gasteiger partial charge in [0.05, 0.1) is 6.10 Å². The third-order valence-corrected chi connectivity index (χ3v) is 7.54. The number of benzene rings is 3. The zero-order chi connectivity index (χ0) is 24.9. The van der Waals surface area contributed by atoms with Crippen LogP contribution in [-0.4, -0.2) is 27.2 Å². The number of aliphatic hydroxyl groups excluding tert-OH is 1. The predicted molar refractivity (Wildman–Crippen MR) is 136 cm³/mol. The van der Waals surface area contributed by atoms with E-state index in [0.717, 1.165) is 5.56 Å². The van der Waals surface area contributed by atoms with Crippen molar-refractivity contribution in [3.05, 3.63) is 125 Å². The number of fused-ring (bicyclic) bond motifs is 3. The molecule has 3 N–H and O–H groups in total. The molecule has 6 nitrogen and oxygen atoms in total. The molecular formula is C29H23ClN2O4. The van der Waals surface area contributed by atoms with Crippen LogP contribution in [0.4, 0.5) is 5.69 Å². The van der Waals surface area contributed by atoms with Crippen LogP contribution in [0.15, 0.2) is 97.2 Å². The van der Waals surface area contributed by atoms with Crippen molar-refractivity contribution in [3.8, 4) is 5.75 Å². The fourth-order valence-corrected chi connectivity index (χ4v) is 5.83. The lowest BCUT2D eigenvalue weighted by Gasteiger charge is -2.40. The summed E-state index contributed by atoms with van der Waals surface area (Å²) in [6.45, 7) is 0. The van der Waals surface area contributed by atoms with E-state index in [1.807, 2.05) is 42.5 Å². The molecule has 180 valence electrons. The molecule has 6 rings (SSSR count). The van der Waals surface area contributed by atoms with Gasteiger partial charge in [-0.2, -0.15) is 0 Å². The molecule has 3 aromatic carbocycles. The van der Waals surface area contributed by atoms with Crippen molar-refractivity contribution >= 4 is 23.2 Å². The highest BCUT2D eigenvalue weighted by Crippen LogP contribution is 2.66. The summed E-state index contributed by atoms with van der Waals surface area (Å²) in [4.78, 5) is 16.8. The number of halogens is 1. The van der Waals surface area contributed by atoms with E-state index >= 15 is 0 Å². The number of anilines is 1. The average molecular weight is 499 g/mol. The van der Waals surface area contributed by atoms with Gasteiger partial charge in [0.2, 0.25) is 0 Å². The van der Waals surface area contributed by atoms with Gasteiger partial charge in [-0.05, 0) is 47.9 Å². The fraction of sp³-hybridized carbons (Fsp3) is 0.172. The molecule has 2 heterocycles. The third kappa shape index (κ3) is 3.26. The van der Waals surface area contributed by atoms with Gasteiger partial charge in [-0.3, -0.25) is 9.78 Å². The Kier molecular flexibility index (Phi) is 5.34. The molecule has 0 radical (unpaired) electrons. The molecule has 1 fully saturated rings. The number of hydrogen-bond acceptors (Lipinski definition) is 5. The van der Waals surface area contributed by atoms with Crippen LogP contribution in [0.2, 0.25) is 5.02 Å². The van der Waals surface area contributed by atoms with Crippen LogP contribution in [0.25, 0.3) is 0 Å². The molecule has 0 saturated heterocycles. The summed E-state index contributed by atoms with van der Waals surface area (Å²) in [5.74, 6) is -0.313. The summed E-state index contributed by atoms with van der Waals surface area (Å²) in [6.07, 6.45) is 0.771. The second-order valence-electron chi connectivity index (χ2n) is 9.21. The van der Waals surface area contributed by atoms with Crippen molar-refractivity contribution in [2.75, 3.05) is 5.32 Å². The molecule has 1 aliphatic carbocycles. The van der Waals surface area contributed by atoms with Crippen LogP contribution < -0.4 is 10.1 Å². The normalized spacial score (nSPS) is 26.1. The molecule has 1 saturated carbocycles. The second-order valence-corrected chi connectivity index (χ2v) is 9.64. The number of aliphatic hydroxyl groups is 2. The van der Waals surface area contributed by atoms with Gasteiger partial charge < -0.3 is 20.3 Å². The summed E-state index contributed by atoms with van der Waals surface area (Å²) in [5, 5.41) is 27.0. The van der Waals surface area contributed by atoms with Crippen molar-refractivity contribution in [2.24, 2.45) is 0 Å². The van der Waals surface area contributed by atoms with E-state index in [1.165, 1.54) is 0 Å². The molecule has 0 spiro atoms. The minimum absolute atomic E-state index is 0.284. The Bertz CT molecular complexity index is 1430. The van der Waals surface area contributed by atoms with Crippen molar-refractivity contribution in [1.82, 2.24) is 4.98 Å². The molecular weight excluding hydrogens is 476 g/mol. The van der Waals surface area contributed by atoms with Crippen molar-refractivity contribution < 1.29 is 19.7 Å². The first kappa shape index (κ1) is 22.7. The largest absolute Gasteiger partial charge is 0.478 e. The van der Waals surface area contributed by atoms with Crippen LogP contribution >= 0.6 is 11.6 Å². The van der Waals surface area contributed by atoms with Gasteiger partial charge in [0.15, 0.2) is 11.2 Å². The van der Waals surface area contributed by atoms with Gasteiger partial charge in [0.1, 0.15) is 11.4 Å². The number of amides is 1. The highest BCUT2D eigenvalue weighted by molar-refractivity contribution is 6.30. The summed E-state index contributed by atoms with van der Waals surface area (Å²) in [6, 6.07) is 27.1. The van der Waals surface area contributed by atoms with E-state index < -0.39 is 17.3 Å². The Morgan fingerprint density at radius 2 is 1.75 bits per heavy atom. The molecule has 0 bridgehead atoms. The van der Waals surface area contributed by atoms with Crippen LogP contribution in [0.3, 0.4) is 0 Å². The van der Waals surface area contributed by atoms with Gasteiger partial charge in [-0.25, -0.2) is 0 Å². The SMILES string of the molecule is O=C(Nc1ccc2c(c1)O[C@@]1(c3ccc(Cl)cc3)[C@H](c3ccccc3)C[C@H](O)[C@@]21O)c1ccccn1. The average Bonchev–Trinajstić information content (AvgIpc) is 3.30. The maximum absolute atomic E-state index is 12.7. The second kappa shape index (κ2) is 8.45. The molecule has 4 atom stereocenters. The third-order valence-electron chi connectivity index (χ3n) is 7.29. The highest BCUT2D eigenvalue weighted by atomic mass is 35.5. The quantitative estimate of drug-likeness (QED) is 0.368. The number of pyridine rings is 1. The maximum atomic E-state index is 12.7. The van der Waals surface area contributed by atoms with E-state index in [1.54, 1.807) is 54.7 Å². The lowest BCUT2D eigenvalue weighted by molar-refractivity contribution is -0.149. The monoisotopic (exact) mass is 498 g/mol. The first-order chi connectivity index (χ1) is 17.4. The molecule has 0 unspecified atom stereocenters. The minimum atomic E-state index is -1.72. The van der Waals surface area contributed by atoms with Crippen molar-refractivity contribution in [2.45, 2.75) is 29.6 Å². The number of nitrogens with one attached hydrogen (secondary N) is 1. The van der Waals surface area contributed by atoms with Gasteiger partial charge in [0.25, 0.3) is 5.91 Å². The Morgan fingerprint density at radius 3 is 2.47 bits per heavy atom. The lowest BCUT2D eigenvalue weighted by atomic mass is 9.71. The smallest absolute Gasteiger partial charge is 0.274 e. The number of ether oxygens (including phenoxy) is 1. The topological polar surface area (TPSA) is 91.7 Å². The number of rotatable bonds is 4. The molecule has 1 aliphatic heterocycles. The van der Waals surface area contributed by atoms with Gasteiger partial charge >= 0.3 is 0 Å². The Labute approximate surface area is 213 Å². The van der Waals surface area contributed by atoms with Crippen LogP contribution in [0, 0.1) is 0 Å². The Hall–Kier alpha value is -3.71. The number of carbonyl (C=O) groups excluding carboxylic acids is 1. The maximum Gasteiger partial charge on any atom is 0.274 e. The fourth-order valence-electron chi connectivity index (χ4n) is 5.70. The van der Waals surface area contributed by atoms with Crippen molar-refractivity contribution in [3.63, 3.8) is 0 Å². The van der Waals surface area contributed by atoms with Crippen molar-refractivity contribution in [1.29, 1.82) is 0 Å². The van der Waals surface area contributed by atoms with Crippen LogP contribution in [-0.2, 0) is 11.2 Å². The van der Waals surface area contributed by atoms with E-state index in [-0.39, 0.29) is 17.5 Å². The highest BCUT2D eigenvalue weighted by Gasteiger charge is 2.72. The molecule has 2 aliphatic rings. The van der Waals surface area contributed by atoms with E-state index in [0.29, 0.717) is 34.0 Å². The summed E-state index contributed by atoms with van der Waals surface area (Å²) >= 11 is 6.19. The zero-order valence-electron chi connectivity index (χ0n) is 19.1. The van der Waals surface area contributed by atoms with Crippen LogP contribution in [0.5, 0.6) is 5.75 Å². The number of hydrogen-bond donors (Lipinski definition) is 3. The van der Waals surface area contributed by atoms with Gasteiger partial charge in [0, 0.05) is 34.5 Å². The minimum Gasteiger partial charge on any atom is -0.478 e. The summed E-state index contributed by atoms with van der Waals surface area (Å²) in [7, 11) is 0. The van der Waals surface area contributed by atoms with Gasteiger partial charge in [-0.1, -0.05) is 66.2 Å².